The maximum atomic E-state index is 11.3. The van der Waals surface area contributed by atoms with E-state index in [0.29, 0.717) is 6.42 Å². The minimum atomic E-state index is -3.65. The molecule has 1 unspecified atom stereocenters. The molecule has 0 saturated carbocycles. The van der Waals surface area contributed by atoms with E-state index in [1.54, 1.807) is 12.1 Å². The van der Waals surface area contributed by atoms with Gasteiger partial charge in [0.1, 0.15) is 0 Å². The first-order valence-electron chi connectivity index (χ1n) is 7.89. The number of benzene rings is 2. The van der Waals surface area contributed by atoms with Crippen molar-refractivity contribution < 1.29 is 13.5 Å². The second-order valence-corrected chi connectivity index (χ2v) is 7.42. The summed E-state index contributed by atoms with van der Waals surface area (Å²) in [5, 5.41) is 14.5. The van der Waals surface area contributed by atoms with E-state index < -0.39 is 10.0 Å². The first-order valence-corrected chi connectivity index (χ1v) is 9.44. The molecule has 6 heteroatoms. The Labute approximate surface area is 143 Å². The molecular formula is C18H24N2O3S. The highest BCUT2D eigenvalue weighted by Gasteiger charge is 2.16. The molecule has 0 spiro atoms. The van der Waals surface area contributed by atoms with Gasteiger partial charge in [-0.3, -0.25) is 4.90 Å². The van der Waals surface area contributed by atoms with Crippen molar-refractivity contribution >= 4 is 10.0 Å². The van der Waals surface area contributed by atoms with E-state index >= 15 is 0 Å². The number of sulfonamides is 1. The number of nitrogens with two attached hydrogens (primary N) is 1. The molecule has 0 aliphatic rings. The Hall–Kier alpha value is -1.73. The molecule has 0 aliphatic heterocycles. The van der Waals surface area contributed by atoms with Gasteiger partial charge in [-0.15, -0.1) is 0 Å². The number of hydrogen-bond acceptors (Lipinski definition) is 4. The molecule has 2 aromatic rings. The van der Waals surface area contributed by atoms with Gasteiger partial charge in [0.2, 0.25) is 10.0 Å². The summed E-state index contributed by atoms with van der Waals surface area (Å²) in [6.45, 7) is 0.932. The van der Waals surface area contributed by atoms with Crippen molar-refractivity contribution in [1.29, 1.82) is 0 Å². The topological polar surface area (TPSA) is 83.6 Å². The molecule has 3 N–H and O–H groups in total. The van der Waals surface area contributed by atoms with Crippen LogP contribution in [0.2, 0.25) is 0 Å². The molecule has 0 aliphatic carbocycles. The van der Waals surface area contributed by atoms with Crippen LogP contribution in [0.15, 0.2) is 59.5 Å². The third-order valence-corrected chi connectivity index (χ3v) is 5.05. The molecular weight excluding hydrogens is 324 g/mol. The second-order valence-electron chi connectivity index (χ2n) is 5.86. The minimum Gasteiger partial charge on any atom is -0.396 e. The number of likely N-dealkylation sites (N-methyl/N-ethyl adjacent to an activating group) is 1. The van der Waals surface area contributed by atoms with Gasteiger partial charge in [0.05, 0.1) is 4.90 Å². The Bertz CT molecular complexity index is 731. The summed E-state index contributed by atoms with van der Waals surface area (Å²) in [4.78, 5) is 2.33. The lowest BCUT2D eigenvalue weighted by Gasteiger charge is -2.28. The Morgan fingerprint density at radius 2 is 1.71 bits per heavy atom. The molecule has 5 nitrogen and oxygen atoms in total. The lowest BCUT2D eigenvalue weighted by atomic mass is 10.0. The molecule has 130 valence electrons. The fourth-order valence-electron chi connectivity index (χ4n) is 2.75. The number of nitrogens with zero attached hydrogens (tertiary/aromatic N) is 1. The molecule has 0 aromatic heterocycles. The van der Waals surface area contributed by atoms with Gasteiger partial charge in [-0.25, -0.2) is 13.6 Å². The molecule has 0 amide bonds. The maximum Gasteiger partial charge on any atom is 0.238 e. The van der Waals surface area contributed by atoms with Gasteiger partial charge in [-0.1, -0.05) is 42.5 Å². The summed E-state index contributed by atoms with van der Waals surface area (Å²) in [6, 6.07) is 16.9. The first-order chi connectivity index (χ1) is 11.4. The van der Waals surface area contributed by atoms with Crippen molar-refractivity contribution in [3.05, 3.63) is 65.7 Å². The lowest BCUT2D eigenvalue weighted by Crippen LogP contribution is -2.27. The SMILES string of the molecule is CN(CCc1ccc(S(N)(=O)=O)cc1)C(CCO)c1ccccc1. The van der Waals surface area contributed by atoms with Crippen molar-refractivity contribution in [3.63, 3.8) is 0 Å². The summed E-state index contributed by atoms with van der Waals surface area (Å²) in [7, 11) is -1.61. The summed E-state index contributed by atoms with van der Waals surface area (Å²) < 4.78 is 22.5. The minimum absolute atomic E-state index is 0.127. The van der Waals surface area contributed by atoms with Crippen LogP contribution in [0.25, 0.3) is 0 Å². The molecule has 24 heavy (non-hydrogen) atoms. The molecule has 0 heterocycles. The zero-order chi connectivity index (χ0) is 17.6. The van der Waals surface area contributed by atoms with E-state index in [-0.39, 0.29) is 17.5 Å². The number of primary sulfonamides is 1. The Kier molecular flexibility index (Phi) is 6.51. The predicted molar refractivity (Wildman–Crippen MR) is 95.0 cm³/mol. The van der Waals surface area contributed by atoms with Crippen molar-refractivity contribution in [3.8, 4) is 0 Å². The highest BCUT2D eigenvalue weighted by atomic mass is 32.2. The largest absolute Gasteiger partial charge is 0.396 e. The van der Waals surface area contributed by atoms with Crippen LogP contribution in [0, 0.1) is 0 Å². The van der Waals surface area contributed by atoms with Crippen LogP contribution in [-0.2, 0) is 16.4 Å². The number of rotatable bonds is 8. The van der Waals surface area contributed by atoms with Crippen molar-refractivity contribution in [2.45, 2.75) is 23.8 Å². The van der Waals surface area contributed by atoms with Crippen LogP contribution in [0.1, 0.15) is 23.6 Å². The Balaban J connectivity index is 2.01. The first kappa shape index (κ1) is 18.6. The fourth-order valence-corrected chi connectivity index (χ4v) is 3.26. The maximum absolute atomic E-state index is 11.3. The highest BCUT2D eigenvalue weighted by molar-refractivity contribution is 7.89. The molecule has 2 aromatic carbocycles. The quantitative estimate of drug-likeness (QED) is 0.763. The number of aliphatic hydroxyl groups is 1. The van der Waals surface area contributed by atoms with Crippen LogP contribution in [0.4, 0.5) is 0 Å². The third-order valence-electron chi connectivity index (χ3n) is 4.12. The fraction of sp³-hybridized carbons (Fsp3) is 0.333. The average molecular weight is 348 g/mol. The van der Waals surface area contributed by atoms with Gasteiger partial charge in [-0.05, 0) is 43.1 Å². The average Bonchev–Trinajstić information content (AvgIpc) is 2.58. The molecule has 0 bridgehead atoms. The van der Waals surface area contributed by atoms with Crippen molar-refractivity contribution in [2.24, 2.45) is 5.14 Å². The van der Waals surface area contributed by atoms with Gasteiger partial charge in [0, 0.05) is 19.2 Å². The molecule has 0 fully saturated rings. The van der Waals surface area contributed by atoms with Gasteiger partial charge < -0.3 is 5.11 Å². The van der Waals surface area contributed by atoms with Gasteiger partial charge in [0.25, 0.3) is 0 Å². The zero-order valence-electron chi connectivity index (χ0n) is 13.8. The van der Waals surface area contributed by atoms with Crippen LogP contribution in [0.5, 0.6) is 0 Å². The predicted octanol–water partition coefficient (Wildman–Crippen LogP) is 1.93. The van der Waals surface area contributed by atoms with Crippen LogP contribution in [0.3, 0.4) is 0 Å². The van der Waals surface area contributed by atoms with E-state index in [2.05, 4.69) is 17.0 Å². The Morgan fingerprint density at radius 3 is 2.25 bits per heavy atom. The molecule has 2 rings (SSSR count). The van der Waals surface area contributed by atoms with Gasteiger partial charge in [0.15, 0.2) is 0 Å². The zero-order valence-corrected chi connectivity index (χ0v) is 14.6. The van der Waals surface area contributed by atoms with E-state index in [1.165, 1.54) is 17.7 Å². The smallest absolute Gasteiger partial charge is 0.238 e. The van der Waals surface area contributed by atoms with Crippen LogP contribution in [-0.4, -0.2) is 38.6 Å². The van der Waals surface area contributed by atoms with E-state index in [1.807, 2.05) is 25.2 Å². The molecule has 1 atom stereocenters. The van der Waals surface area contributed by atoms with Crippen LogP contribution < -0.4 is 5.14 Å². The van der Waals surface area contributed by atoms with Gasteiger partial charge >= 0.3 is 0 Å². The summed E-state index contributed by atoms with van der Waals surface area (Å²) in [5.41, 5.74) is 2.23. The standard InChI is InChI=1S/C18H24N2O3S/c1-20(18(12-14-21)16-5-3-2-4-6-16)13-11-15-7-9-17(10-8-15)24(19,22)23/h2-10,18,21H,11-14H2,1H3,(H2,19,22,23). The summed E-state index contributed by atoms with van der Waals surface area (Å²) >= 11 is 0. The monoisotopic (exact) mass is 348 g/mol. The summed E-state index contributed by atoms with van der Waals surface area (Å²) in [6.07, 6.45) is 1.46. The van der Waals surface area contributed by atoms with Crippen molar-refractivity contribution in [1.82, 2.24) is 4.90 Å². The lowest BCUT2D eigenvalue weighted by molar-refractivity contribution is 0.187. The van der Waals surface area contributed by atoms with Gasteiger partial charge in [-0.2, -0.15) is 0 Å². The van der Waals surface area contributed by atoms with E-state index in [4.69, 9.17) is 5.14 Å². The van der Waals surface area contributed by atoms with E-state index in [9.17, 15) is 13.5 Å². The van der Waals surface area contributed by atoms with E-state index in [0.717, 1.165) is 18.5 Å². The molecule has 0 radical (unpaired) electrons. The van der Waals surface area contributed by atoms with Crippen molar-refractivity contribution in [2.75, 3.05) is 20.2 Å². The summed E-state index contributed by atoms with van der Waals surface area (Å²) in [5.74, 6) is 0. The number of aliphatic hydroxyl groups excluding tert-OH is 1. The third kappa shape index (κ3) is 5.14. The number of hydrogen-bond donors (Lipinski definition) is 2. The normalized spacial score (nSPS) is 13.2. The molecule has 0 saturated heterocycles. The Morgan fingerprint density at radius 1 is 1.08 bits per heavy atom. The highest BCUT2D eigenvalue weighted by Crippen LogP contribution is 2.23. The second kappa shape index (κ2) is 8.39. The van der Waals surface area contributed by atoms with Crippen LogP contribution >= 0.6 is 0 Å².